The first-order valence-electron chi connectivity index (χ1n) is 7.47. The number of aryl methyl sites for hydroxylation is 1. The Morgan fingerprint density at radius 2 is 1.79 bits per heavy atom. The maximum absolute atomic E-state index is 13.5. The molecule has 6 heteroatoms. The summed E-state index contributed by atoms with van der Waals surface area (Å²) in [6, 6.07) is 10.9. The van der Waals surface area contributed by atoms with E-state index in [1.807, 2.05) is 0 Å². The van der Waals surface area contributed by atoms with Crippen LogP contribution in [0.2, 0.25) is 0 Å². The summed E-state index contributed by atoms with van der Waals surface area (Å²) in [5.74, 6) is -1.37. The van der Waals surface area contributed by atoms with Gasteiger partial charge in [0, 0.05) is 19.2 Å². The summed E-state index contributed by atoms with van der Waals surface area (Å²) in [5, 5.41) is 2.67. The number of anilines is 1. The fourth-order valence-electron chi connectivity index (χ4n) is 2.61. The smallest absolute Gasteiger partial charge is 0.261 e. The van der Waals surface area contributed by atoms with Crippen LogP contribution < -0.4 is 5.32 Å². The van der Waals surface area contributed by atoms with Crippen molar-refractivity contribution in [1.29, 1.82) is 0 Å². The zero-order valence-corrected chi connectivity index (χ0v) is 13.0. The van der Waals surface area contributed by atoms with Gasteiger partial charge in [0.25, 0.3) is 11.8 Å². The van der Waals surface area contributed by atoms with E-state index in [9.17, 15) is 18.8 Å². The first-order valence-corrected chi connectivity index (χ1v) is 7.47. The number of carbonyl (C=O) groups excluding carboxylic acids is 3. The zero-order valence-electron chi connectivity index (χ0n) is 13.0. The molecule has 0 bridgehead atoms. The molecule has 1 N–H and O–H groups in total. The molecule has 24 heavy (non-hydrogen) atoms. The van der Waals surface area contributed by atoms with Gasteiger partial charge in [0.15, 0.2) is 0 Å². The molecule has 0 saturated carbocycles. The maximum Gasteiger partial charge on any atom is 0.261 e. The van der Waals surface area contributed by atoms with E-state index in [2.05, 4.69) is 5.32 Å². The Hall–Kier alpha value is -3.02. The van der Waals surface area contributed by atoms with Crippen LogP contribution in [0.3, 0.4) is 0 Å². The number of amides is 3. The van der Waals surface area contributed by atoms with Gasteiger partial charge in [-0.15, -0.1) is 0 Å². The van der Waals surface area contributed by atoms with Crippen molar-refractivity contribution >= 4 is 23.4 Å². The van der Waals surface area contributed by atoms with Crippen molar-refractivity contribution in [2.45, 2.75) is 12.8 Å². The highest BCUT2D eigenvalue weighted by Gasteiger charge is 2.32. The number of nitrogens with one attached hydrogen (secondary N) is 1. The molecule has 0 saturated heterocycles. The topological polar surface area (TPSA) is 66.5 Å². The van der Waals surface area contributed by atoms with Crippen molar-refractivity contribution in [1.82, 2.24) is 4.90 Å². The molecule has 5 nitrogen and oxygen atoms in total. The lowest BCUT2D eigenvalue weighted by Gasteiger charge is -2.07. The SMILES string of the molecule is CN1C(=O)c2ccc(NC(=O)CCc3ccccc3F)cc2C1=O. The first kappa shape index (κ1) is 15.9. The second-order valence-electron chi connectivity index (χ2n) is 5.57. The van der Waals surface area contributed by atoms with E-state index in [0.29, 0.717) is 16.8 Å². The lowest BCUT2D eigenvalue weighted by atomic mass is 10.1. The molecule has 0 aliphatic carbocycles. The van der Waals surface area contributed by atoms with Crippen LogP contribution >= 0.6 is 0 Å². The maximum atomic E-state index is 13.5. The number of halogens is 1. The fraction of sp³-hybridized carbons (Fsp3) is 0.167. The highest BCUT2D eigenvalue weighted by atomic mass is 19.1. The minimum absolute atomic E-state index is 0.116. The van der Waals surface area contributed by atoms with E-state index in [1.165, 1.54) is 25.2 Å². The minimum Gasteiger partial charge on any atom is -0.326 e. The number of benzene rings is 2. The third kappa shape index (κ3) is 2.90. The van der Waals surface area contributed by atoms with Crippen molar-refractivity contribution in [3.05, 3.63) is 65.0 Å². The largest absolute Gasteiger partial charge is 0.326 e. The molecule has 0 fully saturated rings. The van der Waals surface area contributed by atoms with Gasteiger partial charge < -0.3 is 5.32 Å². The molecule has 1 aliphatic heterocycles. The summed E-state index contributed by atoms with van der Waals surface area (Å²) < 4.78 is 13.5. The summed E-state index contributed by atoms with van der Waals surface area (Å²) in [6.07, 6.45) is 0.397. The highest BCUT2D eigenvalue weighted by molar-refractivity contribution is 6.21. The monoisotopic (exact) mass is 326 g/mol. The molecule has 1 heterocycles. The lowest BCUT2D eigenvalue weighted by Crippen LogP contribution is -2.24. The Balaban J connectivity index is 1.67. The Kier molecular flexibility index (Phi) is 4.12. The molecule has 0 aromatic heterocycles. The third-order valence-electron chi connectivity index (χ3n) is 3.95. The highest BCUT2D eigenvalue weighted by Crippen LogP contribution is 2.24. The molecule has 0 atom stereocenters. The molecule has 122 valence electrons. The van der Waals surface area contributed by atoms with Crippen LogP contribution in [0.4, 0.5) is 10.1 Å². The van der Waals surface area contributed by atoms with Gasteiger partial charge in [-0.1, -0.05) is 18.2 Å². The minimum atomic E-state index is -0.391. The van der Waals surface area contributed by atoms with Crippen molar-refractivity contribution in [2.24, 2.45) is 0 Å². The summed E-state index contributed by atoms with van der Waals surface area (Å²) in [5.41, 5.74) is 1.51. The van der Waals surface area contributed by atoms with Crippen LogP contribution in [0.15, 0.2) is 42.5 Å². The van der Waals surface area contributed by atoms with E-state index in [4.69, 9.17) is 0 Å². The van der Waals surface area contributed by atoms with Crippen molar-refractivity contribution < 1.29 is 18.8 Å². The summed E-state index contributed by atoms with van der Waals surface area (Å²) in [4.78, 5) is 36.8. The lowest BCUT2D eigenvalue weighted by molar-refractivity contribution is -0.116. The average Bonchev–Trinajstić information content (AvgIpc) is 2.78. The Morgan fingerprint density at radius 1 is 1.08 bits per heavy atom. The van der Waals surface area contributed by atoms with Crippen LogP contribution in [-0.2, 0) is 11.2 Å². The molecule has 2 aromatic carbocycles. The van der Waals surface area contributed by atoms with Crippen LogP contribution in [0.25, 0.3) is 0 Å². The molecular formula is C18H15FN2O3. The van der Waals surface area contributed by atoms with E-state index in [-0.39, 0.29) is 36.0 Å². The van der Waals surface area contributed by atoms with Gasteiger partial charge in [-0.3, -0.25) is 19.3 Å². The van der Waals surface area contributed by atoms with Crippen LogP contribution in [0.5, 0.6) is 0 Å². The van der Waals surface area contributed by atoms with Gasteiger partial charge in [-0.2, -0.15) is 0 Å². The number of imide groups is 1. The van der Waals surface area contributed by atoms with E-state index < -0.39 is 5.91 Å². The summed E-state index contributed by atoms with van der Waals surface area (Å²) >= 11 is 0. The van der Waals surface area contributed by atoms with Crippen LogP contribution in [-0.4, -0.2) is 29.7 Å². The van der Waals surface area contributed by atoms with Gasteiger partial charge in [0.1, 0.15) is 5.82 Å². The molecule has 2 aromatic rings. The van der Waals surface area contributed by atoms with Crippen molar-refractivity contribution in [3.8, 4) is 0 Å². The van der Waals surface area contributed by atoms with Crippen molar-refractivity contribution in [2.75, 3.05) is 12.4 Å². The number of hydrogen-bond donors (Lipinski definition) is 1. The molecule has 1 aliphatic rings. The number of carbonyl (C=O) groups is 3. The Bertz CT molecular complexity index is 848. The van der Waals surface area contributed by atoms with E-state index in [0.717, 1.165) is 4.90 Å². The zero-order chi connectivity index (χ0) is 17.3. The number of fused-ring (bicyclic) bond motifs is 1. The Morgan fingerprint density at radius 3 is 2.54 bits per heavy atom. The molecule has 3 rings (SSSR count). The predicted molar refractivity (Wildman–Crippen MR) is 86.2 cm³/mol. The molecule has 0 unspecified atom stereocenters. The standard InChI is InChI=1S/C18H15FN2O3/c1-21-17(23)13-8-7-12(10-14(13)18(21)24)20-16(22)9-6-11-4-2-3-5-15(11)19/h2-5,7-8,10H,6,9H2,1H3,(H,20,22). The van der Waals surface area contributed by atoms with Crippen LogP contribution in [0.1, 0.15) is 32.7 Å². The van der Waals surface area contributed by atoms with Crippen LogP contribution in [0, 0.1) is 5.82 Å². The van der Waals surface area contributed by atoms with Gasteiger partial charge in [0.2, 0.25) is 5.91 Å². The van der Waals surface area contributed by atoms with Crippen molar-refractivity contribution in [3.63, 3.8) is 0 Å². The van der Waals surface area contributed by atoms with E-state index >= 15 is 0 Å². The molecular weight excluding hydrogens is 311 g/mol. The average molecular weight is 326 g/mol. The van der Waals surface area contributed by atoms with Gasteiger partial charge in [-0.05, 0) is 36.2 Å². The van der Waals surface area contributed by atoms with Gasteiger partial charge >= 0.3 is 0 Å². The van der Waals surface area contributed by atoms with Gasteiger partial charge in [0.05, 0.1) is 11.1 Å². The number of rotatable bonds is 4. The van der Waals surface area contributed by atoms with Gasteiger partial charge in [-0.25, -0.2) is 4.39 Å². The number of nitrogens with zero attached hydrogens (tertiary/aromatic N) is 1. The summed E-state index contributed by atoms with van der Waals surface area (Å²) in [6.45, 7) is 0. The second-order valence-corrected chi connectivity index (χ2v) is 5.57. The number of hydrogen-bond acceptors (Lipinski definition) is 3. The Labute approximate surface area is 138 Å². The second kappa shape index (κ2) is 6.23. The first-order chi connectivity index (χ1) is 11.5. The molecule has 0 spiro atoms. The fourth-order valence-corrected chi connectivity index (χ4v) is 2.61. The predicted octanol–water partition coefficient (Wildman–Crippen LogP) is 2.62. The van der Waals surface area contributed by atoms with E-state index in [1.54, 1.807) is 24.3 Å². The normalized spacial score (nSPS) is 13.2. The quantitative estimate of drug-likeness (QED) is 0.878. The molecule has 0 radical (unpaired) electrons. The third-order valence-corrected chi connectivity index (χ3v) is 3.95. The summed E-state index contributed by atoms with van der Waals surface area (Å²) in [7, 11) is 1.41. The molecule has 3 amide bonds.